The van der Waals surface area contributed by atoms with Crippen molar-refractivity contribution in [3.63, 3.8) is 0 Å². The summed E-state index contributed by atoms with van der Waals surface area (Å²) in [6.07, 6.45) is 0.633. The van der Waals surface area contributed by atoms with Crippen molar-refractivity contribution >= 4 is 23.3 Å². The third-order valence-electron chi connectivity index (χ3n) is 5.48. The summed E-state index contributed by atoms with van der Waals surface area (Å²) in [5.41, 5.74) is 1.96. The van der Waals surface area contributed by atoms with Crippen molar-refractivity contribution in [1.29, 1.82) is 0 Å². The molecule has 0 aromatic heterocycles. The molecule has 4 rings (SSSR count). The number of benzene rings is 2. The standard InChI is InChI=1S/C21H23N3O3/c1-3-27-18-11-7-5-9-16(18)22-20(26)24-13-12-21(14-24)15-8-4-6-10-17(15)23(2)19(21)25/h4-11H,3,12-14H2,1-2H3,(H,22,26)/t21-/m1/s1. The van der Waals surface area contributed by atoms with Gasteiger partial charge in [0.15, 0.2) is 0 Å². The first-order chi connectivity index (χ1) is 13.1. The number of para-hydroxylation sites is 3. The van der Waals surface area contributed by atoms with Crippen LogP contribution < -0.4 is 15.0 Å². The number of amides is 3. The van der Waals surface area contributed by atoms with Gasteiger partial charge in [-0.2, -0.15) is 0 Å². The average Bonchev–Trinajstić information content (AvgIpc) is 3.22. The van der Waals surface area contributed by atoms with Crippen LogP contribution in [0.2, 0.25) is 0 Å². The SMILES string of the molecule is CCOc1ccccc1NC(=O)N1CC[C@]2(C1)C(=O)N(C)c1ccccc12. The molecule has 1 spiro atoms. The van der Waals surface area contributed by atoms with Crippen LogP contribution in [0.5, 0.6) is 5.75 Å². The molecule has 0 aliphatic carbocycles. The van der Waals surface area contributed by atoms with Gasteiger partial charge in [-0.05, 0) is 37.1 Å². The number of carbonyl (C=O) groups excluding carboxylic acids is 2. The number of urea groups is 1. The van der Waals surface area contributed by atoms with Crippen molar-refractivity contribution in [2.75, 3.05) is 37.0 Å². The number of nitrogens with one attached hydrogen (secondary N) is 1. The van der Waals surface area contributed by atoms with Crippen LogP contribution in [0.3, 0.4) is 0 Å². The monoisotopic (exact) mass is 365 g/mol. The summed E-state index contributed by atoms with van der Waals surface area (Å²) in [7, 11) is 1.80. The van der Waals surface area contributed by atoms with E-state index in [0.29, 0.717) is 37.6 Å². The predicted molar refractivity (Wildman–Crippen MR) is 104 cm³/mol. The average molecular weight is 365 g/mol. The first-order valence-electron chi connectivity index (χ1n) is 9.22. The Morgan fingerprint density at radius 2 is 1.93 bits per heavy atom. The maximum absolute atomic E-state index is 13.0. The maximum Gasteiger partial charge on any atom is 0.321 e. The zero-order valence-corrected chi connectivity index (χ0v) is 15.6. The molecule has 2 aromatic rings. The van der Waals surface area contributed by atoms with Crippen LogP contribution in [0, 0.1) is 0 Å². The molecule has 2 aliphatic rings. The molecule has 1 atom stereocenters. The molecule has 140 valence electrons. The third-order valence-corrected chi connectivity index (χ3v) is 5.48. The zero-order valence-electron chi connectivity index (χ0n) is 15.6. The Kier molecular flexibility index (Phi) is 4.26. The number of hydrogen-bond acceptors (Lipinski definition) is 3. The van der Waals surface area contributed by atoms with E-state index >= 15 is 0 Å². The van der Waals surface area contributed by atoms with Crippen LogP contribution in [-0.2, 0) is 10.2 Å². The Labute approximate surface area is 158 Å². The van der Waals surface area contributed by atoms with Gasteiger partial charge in [0.25, 0.3) is 0 Å². The first kappa shape index (κ1) is 17.4. The molecule has 1 N–H and O–H groups in total. The van der Waals surface area contributed by atoms with E-state index in [4.69, 9.17) is 4.74 Å². The lowest BCUT2D eigenvalue weighted by Crippen LogP contribution is -2.43. The summed E-state index contributed by atoms with van der Waals surface area (Å²) in [6, 6.07) is 15.0. The summed E-state index contributed by atoms with van der Waals surface area (Å²) >= 11 is 0. The Morgan fingerprint density at radius 3 is 2.74 bits per heavy atom. The smallest absolute Gasteiger partial charge is 0.321 e. The largest absolute Gasteiger partial charge is 0.492 e. The molecule has 6 heteroatoms. The van der Waals surface area contributed by atoms with E-state index in [1.807, 2.05) is 55.5 Å². The van der Waals surface area contributed by atoms with E-state index in [1.54, 1.807) is 16.8 Å². The summed E-state index contributed by atoms with van der Waals surface area (Å²) < 4.78 is 5.58. The van der Waals surface area contributed by atoms with Crippen LogP contribution in [0.15, 0.2) is 48.5 Å². The molecule has 0 saturated carbocycles. The van der Waals surface area contributed by atoms with E-state index < -0.39 is 5.41 Å². The number of fused-ring (bicyclic) bond motifs is 2. The lowest BCUT2D eigenvalue weighted by atomic mass is 9.81. The number of likely N-dealkylation sites (tertiary alicyclic amines) is 1. The van der Waals surface area contributed by atoms with Crippen LogP contribution in [-0.4, -0.2) is 43.6 Å². The lowest BCUT2D eigenvalue weighted by Gasteiger charge is -2.24. The van der Waals surface area contributed by atoms with Gasteiger partial charge in [-0.3, -0.25) is 4.79 Å². The Bertz CT molecular complexity index is 898. The number of carbonyl (C=O) groups is 2. The molecule has 1 fully saturated rings. The predicted octanol–water partition coefficient (Wildman–Crippen LogP) is 3.24. The summed E-state index contributed by atoms with van der Waals surface area (Å²) in [5, 5.41) is 2.93. The second kappa shape index (κ2) is 6.61. The van der Waals surface area contributed by atoms with Crippen molar-refractivity contribution < 1.29 is 14.3 Å². The molecule has 0 bridgehead atoms. The van der Waals surface area contributed by atoms with Crippen LogP contribution in [0.1, 0.15) is 18.9 Å². The molecule has 0 radical (unpaired) electrons. The van der Waals surface area contributed by atoms with E-state index in [0.717, 1.165) is 11.3 Å². The quantitative estimate of drug-likeness (QED) is 0.908. The fourth-order valence-electron chi connectivity index (χ4n) is 4.14. The van der Waals surface area contributed by atoms with E-state index in [1.165, 1.54) is 0 Å². The van der Waals surface area contributed by atoms with Crippen molar-refractivity contribution in [3.05, 3.63) is 54.1 Å². The van der Waals surface area contributed by atoms with Crippen LogP contribution >= 0.6 is 0 Å². The topological polar surface area (TPSA) is 61.9 Å². The van der Waals surface area contributed by atoms with Gasteiger partial charge in [0, 0.05) is 25.8 Å². The number of nitrogens with zero attached hydrogens (tertiary/aromatic N) is 2. The molecule has 6 nitrogen and oxygen atoms in total. The minimum atomic E-state index is -0.637. The van der Waals surface area contributed by atoms with E-state index in [9.17, 15) is 9.59 Å². The maximum atomic E-state index is 13.0. The molecule has 2 aliphatic heterocycles. The highest BCUT2D eigenvalue weighted by molar-refractivity contribution is 6.08. The molecule has 27 heavy (non-hydrogen) atoms. The van der Waals surface area contributed by atoms with E-state index in [-0.39, 0.29) is 11.9 Å². The molecule has 0 unspecified atom stereocenters. The highest BCUT2D eigenvalue weighted by Crippen LogP contribution is 2.46. The minimum Gasteiger partial charge on any atom is -0.492 e. The number of likely N-dealkylation sites (N-methyl/N-ethyl adjacent to an activating group) is 1. The molecule has 2 aromatic carbocycles. The van der Waals surface area contributed by atoms with Gasteiger partial charge in [-0.25, -0.2) is 4.79 Å². The van der Waals surface area contributed by atoms with Crippen LogP contribution in [0.25, 0.3) is 0 Å². The van der Waals surface area contributed by atoms with Gasteiger partial charge in [-0.1, -0.05) is 30.3 Å². The van der Waals surface area contributed by atoms with Gasteiger partial charge in [0.2, 0.25) is 5.91 Å². The molecule has 2 heterocycles. The fraction of sp³-hybridized carbons (Fsp3) is 0.333. The number of hydrogen-bond donors (Lipinski definition) is 1. The Balaban J connectivity index is 1.55. The molecular weight excluding hydrogens is 342 g/mol. The second-order valence-corrected chi connectivity index (χ2v) is 6.99. The molecular formula is C21H23N3O3. The van der Waals surface area contributed by atoms with Gasteiger partial charge in [0.1, 0.15) is 5.75 Å². The van der Waals surface area contributed by atoms with E-state index in [2.05, 4.69) is 5.32 Å². The Morgan fingerprint density at radius 1 is 1.19 bits per heavy atom. The van der Waals surface area contributed by atoms with Crippen molar-refractivity contribution in [1.82, 2.24) is 4.90 Å². The first-order valence-corrected chi connectivity index (χ1v) is 9.22. The molecule has 3 amide bonds. The second-order valence-electron chi connectivity index (χ2n) is 6.99. The fourth-order valence-corrected chi connectivity index (χ4v) is 4.14. The summed E-state index contributed by atoms with van der Waals surface area (Å²) in [5.74, 6) is 0.706. The van der Waals surface area contributed by atoms with Crippen molar-refractivity contribution in [2.24, 2.45) is 0 Å². The zero-order chi connectivity index (χ0) is 19.0. The Hall–Kier alpha value is -3.02. The van der Waals surface area contributed by atoms with Crippen molar-refractivity contribution in [3.8, 4) is 5.75 Å². The summed E-state index contributed by atoms with van der Waals surface area (Å²) in [4.78, 5) is 29.3. The van der Waals surface area contributed by atoms with Gasteiger partial charge >= 0.3 is 6.03 Å². The van der Waals surface area contributed by atoms with Gasteiger partial charge < -0.3 is 19.9 Å². The number of ether oxygens (including phenoxy) is 1. The third kappa shape index (κ3) is 2.72. The lowest BCUT2D eigenvalue weighted by molar-refractivity contribution is -0.122. The number of rotatable bonds is 3. The minimum absolute atomic E-state index is 0.0636. The van der Waals surface area contributed by atoms with Crippen molar-refractivity contribution in [2.45, 2.75) is 18.8 Å². The van der Waals surface area contributed by atoms with Crippen LogP contribution in [0.4, 0.5) is 16.2 Å². The summed E-state index contributed by atoms with van der Waals surface area (Å²) in [6.45, 7) is 3.35. The highest BCUT2D eigenvalue weighted by Gasteiger charge is 2.54. The number of anilines is 2. The normalized spacial score (nSPS) is 20.9. The highest BCUT2D eigenvalue weighted by atomic mass is 16.5. The van der Waals surface area contributed by atoms with Gasteiger partial charge in [0.05, 0.1) is 17.7 Å². The molecule has 1 saturated heterocycles. The van der Waals surface area contributed by atoms with Gasteiger partial charge in [-0.15, -0.1) is 0 Å².